The van der Waals surface area contributed by atoms with Crippen molar-refractivity contribution in [1.82, 2.24) is 9.55 Å². The molecule has 2 heterocycles. The van der Waals surface area contributed by atoms with Crippen LogP contribution in [0.5, 0.6) is 0 Å². The van der Waals surface area contributed by atoms with E-state index in [-0.39, 0.29) is 21.7 Å². The summed E-state index contributed by atoms with van der Waals surface area (Å²) in [5.74, 6) is 0. The molecule has 1 aromatic rings. The van der Waals surface area contributed by atoms with Gasteiger partial charge in [-0.25, -0.2) is 4.79 Å². The summed E-state index contributed by atoms with van der Waals surface area (Å²) in [6.07, 6.45) is -0.481. The number of carbonyl (C=O) groups is 1. The molecule has 0 bridgehead atoms. The molecule has 12 heteroatoms. The van der Waals surface area contributed by atoms with E-state index < -0.39 is 60.2 Å². The monoisotopic (exact) mass is 614 g/mol. The summed E-state index contributed by atoms with van der Waals surface area (Å²) < 4.78 is 28.6. The van der Waals surface area contributed by atoms with Crippen LogP contribution in [0.3, 0.4) is 0 Å². The van der Waals surface area contributed by atoms with E-state index in [9.17, 15) is 14.4 Å². The van der Waals surface area contributed by atoms with Crippen molar-refractivity contribution >= 4 is 31.2 Å². The fourth-order valence-corrected chi connectivity index (χ4v) is 7.30. The summed E-state index contributed by atoms with van der Waals surface area (Å²) >= 11 is 0. The standard InChI is InChI=1S/C28H54N2O7Si3/c1-25(2,3)38(10,11)34-19-28(18-31)22(37-40(14,15)27(7,8)9)21(36-39(12,13)26(4,5)6)23(35-28)30-17-16-20(32)29-24(30)33/h16-18,21-23H,19H2,1-15H3,(H,29,32,33)/t21-,22+,23-,28-/m1/s1. The first-order valence-corrected chi connectivity index (χ1v) is 22.9. The van der Waals surface area contributed by atoms with Gasteiger partial charge in [0.05, 0.1) is 6.61 Å². The Morgan fingerprint density at radius 2 is 1.35 bits per heavy atom. The summed E-state index contributed by atoms with van der Waals surface area (Å²) in [7, 11) is -7.29. The van der Waals surface area contributed by atoms with Crippen molar-refractivity contribution in [3.8, 4) is 0 Å². The molecule has 1 saturated heterocycles. The maximum absolute atomic E-state index is 13.2. The van der Waals surface area contributed by atoms with Crippen molar-refractivity contribution in [3.05, 3.63) is 33.1 Å². The molecule has 230 valence electrons. The molecule has 1 aliphatic heterocycles. The summed E-state index contributed by atoms with van der Waals surface area (Å²) in [6.45, 7) is 31.9. The molecular formula is C28H54N2O7Si3. The molecular weight excluding hydrogens is 561 g/mol. The first kappa shape index (κ1) is 35.0. The highest BCUT2D eigenvalue weighted by molar-refractivity contribution is 6.75. The number of nitrogens with zero attached hydrogens (tertiary/aromatic N) is 1. The lowest BCUT2D eigenvalue weighted by Gasteiger charge is -2.46. The third kappa shape index (κ3) is 7.07. The molecule has 0 spiro atoms. The van der Waals surface area contributed by atoms with Crippen molar-refractivity contribution in [2.75, 3.05) is 6.61 Å². The molecule has 1 aromatic heterocycles. The average molecular weight is 615 g/mol. The van der Waals surface area contributed by atoms with Gasteiger partial charge in [-0.3, -0.25) is 19.1 Å². The van der Waals surface area contributed by atoms with Crippen LogP contribution in [-0.4, -0.2) is 65.2 Å². The van der Waals surface area contributed by atoms with Crippen LogP contribution in [0.4, 0.5) is 0 Å². The Labute approximate surface area is 243 Å². The molecule has 0 amide bonds. The highest BCUT2D eigenvalue weighted by atomic mass is 28.4. The minimum absolute atomic E-state index is 0.0295. The summed E-state index contributed by atoms with van der Waals surface area (Å²) in [5, 5.41) is -0.437. The minimum atomic E-state index is -2.50. The van der Waals surface area contributed by atoms with E-state index >= 15 is 0 Å². The Morgan fingerprint density at radius 1 is 0.875 bits per heavy atom. The second-order valence-corrected chi connectivity index (χ2v) is 30.1. The van der Waals surface area contributed by atoms with Crippen LogP contribution < -0.4 is 11.2 Å². The summed E-state index contributed by atoms with van der Waals surface area (Å²) in [6, 6.07) is 1.27. The van der Waals surface area contributed by atoms with Gasteiger partial charge in [0.2, 0.25) is 0 Å². The zero-order valence-corrected chi connectivity index (χ0v) is 30.5. The van der Waals surface area contributed by atoms with Crippen molar-refractivity contribution in [2.45, 2.75) is 141 Å². The Morgan fingerprint density at radius 3 is 1.77 bits per heavy atom. The maximum Gasteiger partial charge on any atom is 0.330 e. The van der Waals surface area contributed by atoms with Crippen molar-refractivity contribution < 1.29 is 22.8 Å². The number of aromatic nitrogens is 2. The number of hydrogen-bond donors (Lipinski definition) is 1. The number of carbonyl (C=O) groups excluding carboxylic acids is 1. The third-order valence-electron chi connectivity index (χ3n) is 9.66. The van der Waals surface area contributed by atoms with Gasteiger partial charge in [0.15, 0.2) is 43.1 Å². The van der Waals surface area contributed by atoms with Crippen molar-refractivity contribution in [3.63, 3.8) is 0 Å². The Kier molecular flexibility index (Phi) is 9.78. The molecule has 9 nitrogen and oxygen atoms in total. The topological polar surface area (TPSA) is 109 Å². The van der Waals surface area contributed by atoms with Crippen LogP contribution in [0.25, 0.3) is 0 Å². The molecule has 0 radical (unpaired) electrons. The number of ether oxygens (including phenoxy) is 1. The second-order valence-electron chi connectivity index (χ2n) is 15.8. The molecule has 0 aromatic carbocycles. The first-order chi connectivity index (χ1) is 17.7. The van der Waals surface area contributed by atoms with E-state index in [0.29, 0.717) is 0 Å². The number of aldehydes is 1. The quantitative estimate of drug-likeness (QED) is 0.276. The highest BCUT2D eigenvalue weighted by Crippen LogP contribution is 2.49. The third-order valence-corrected chi connectivity index (χ3v) is 23.1. The number of rotatable bonds is 9. The highest BCUT2D eigenvalue weighted by Gasteiger charge is 2.62. The lowest BCUT2D eigenvalue weighted by atomic mass is 9.98. The van der Waals surface area contributed by atoms with Gasteiger partial charge in [-0.05, 0) is 54.4 Å². The molecule has 0 saturated carbocycles. The van der Waals surface area contributed by atoms with Gasteiger partial charge in [0, 0.05) is 12.3 Å². The number of hydrogen-bond acceptors (Lipinski definition) is 7. The van der Waals surface area contributed by atoms with E-state index in [0.717, 1.165) is 6.29 Å². The smallest absolute Gasteiger partial charge is 0.330 e. The van der Waals surface area contributed by atoms with E-state index in [2.05, 4.69) is 107 Å². The van der Waals surface area contributed by atoms with E-state index in [1.807, 2.05) is 0 Å². The van der Waals surface area contributed by atoms with Crippen LogP contribution in [0.15, 0.2) is 21.9 Å². The Balaban J connectivity index is 2.82. The van der Waals surface area contributed by atoms with Gasteiger partial charge in [-0.15, -0.1) is 0 Å². The molecule has 1 N–H and O–H groups in total. The van der Waals surface area contributed by atoms with Crippen LogP contribution >= 0.6 is 0 Å². The van der Waals surface area contributed by atoms with Crippen LogP contribution in [-0.2, 0) is 22.8 Å². The molecule has 2 rings (SSSR count). The average Bonchev–Trinajstić information content (AvgIpc) is 3.02. The lowest BCUT2D eigenvalue weighted by molar-refractivity contribution is -0.149. The van der Waals surface area contributed by atoms with E-state index in [1.165, 1.54) is 16.8 Å². The van der Waals surface area contributed by atoms with Gasteiger partial charge < -0.3 is 18.0 Å². The number of H-pyrrole nitrogens is 1. The molecule has 40 heavy (non-hydrogen) atoms. The normalized spacial score (nSPS) is 25.3. The number of aromatic amines is 1. The van der Waals surface area contributed by atoms with Gasteiger partial charge in [-0.1, -0.05) is 62.3 Å². The molecule has 0 aliphatic carbocycles. The fourth-order valence-electron chi connectivity index (χ4n) is 3.68. The Hall–Kier alpha value is -1.16. The largest absolute Gasteiger partial charge is 0.413 e. The van der Waals surface area contributed by atoms with Crippen LogP contribution in [0, 0.1) is 0 Å². The van der Waals surface area contributed by atoms with Crippen LogP contribution in [0.1, 0.15) is 68.5 Å². The SMILES string of the molecule is CC(C)(C)[Si](C)(C)OC[C@@]1(C=O)O[C@@H](n2ccc(=O)[nH]c2=O)[C@H](O[Si](C)(C)C(C)(C)C)[C@@H]1O[Si](C)(C)C(C)(C)C. The zero-order chi connectivity index (χ0) is 31.3. The predicted octanol–water partition coefficient (Wildman–Crippen LogP) is 5.81. The van der Waals surface area contributed by atoms with Gasteiger partial charge >= 0.3 is 5.69 Å². The molecule has 0 unspecified atom stereocenters. The fraction of sp³-hybridized carbons (Fsp3) is 0.821. The van der Waals surface area contributed by atoms with Crippen LogP contribution in [0.2, 0.25) is 54.4 Å². The van der Waals surface area contributed by atoms with E-state index in [4.69, 9.17) is 18.0 Å². The predicted molar refractivity (Wildman–Crippen MR) is 168 cm³/mol. The van der Waals surface area contributed by atoms with Crippen molar-refractivity contribution in [2.24, 2.45) is 0 Å². The summed E-state index contributed by atoms with van der Waals surface area (Å²) in [4.78, 5) is 40.5. The minimum Gasteiger partial charge on any atom is -0.413 e. The van der Waals surface area contributed by atoms with Gasteiger partial charge in [0.25, 0.3) is 5.56 Å². The number of nitrogens with one attached hydrogen (secondary N) is 1. The first-order valence-electron chi connectivity index (χ1n) is 14.2. The zero-order valence-electron chi connectivity index (χ0n) is 27.5. The second kappa shape index (κ2) is 11.2. The molecule has 1 aliphatic rings. The summed E-state index contributed by atoms with van der Waals surface area (Å²) in [5.41, 5.74) is -2.68. The maximum atomic E-state index is 13.2. The van der Waals surface area contributed by atoms with Gasteiger partial charge in [0.1, 0.15) is 12.2 Å². The molecule has 1 fully saturated rings. The Bertz CT molecular complexity index is 1170. The van der Waals surface area contributed by atoms with Crippen molar-refractivity contribution in [1.29, 1.82) is 0 Å². The van der Waals surface area contributed by atoms with Gasteiger partial charge in [-0.2, -0.15) is 0 Å². The molecule has 4 atom stereocenters. The van der Waals surface area contributed by atoms with E-state index in [1.54, 1.807) is 0 Å². The lowest BCUT2D eigenvalue weighted by Crippen LogP contribution is -2.59.